The minimum atomic E-state index is -0.604. The molecule has 4 N–H and O–H groups in total. The van der Waals surface area contributed by atoms with Crippen molar-refractivity contribution in [2.24, 2.45) is 5.10 Å². The molecule has 4 aromatic rings. The van der Waals surface area contributed by atoms with Crippen LogP contribution < -0.4 is 11.2 Å². The van der Waals surface area contributed by atoms with Crippen LogP contribution in [0, 0.1) is 0 Å². The lowest BCUT2D eigenvalue weighted by Crippen LogP contribution is -2.22. The second kappa shape index (κ2) is 7.60. The predicted octanol–water partition coefficient (Wildman–Crippen LogP) is 1.37. The van der Waals surface area contributed by atoms with E-state index in [1.807, 2.05) is 18.2 Å². The molecule has 0 saturated carbocycles. The molecule has 2 heterocycles. The van der Waals surface area contributed by atoms with Crippen molar-refractivity contribution in [3.63, 3.8) is 0 Å². The van der Waals surface area contributed by atoms with Crippen molar-refractivity contribution in [2.45, 2.75) is 0 Å². The molecule has 0 aliphatic rings. The Labute approximate surface area is 163 Å². The molecule has 2 aromatic carbocycles. The number of phenolic OH excluding ortho intramolecular Hbond substituents is 1. The number of nitrogens with zero attached hydrogens (tertiary/aromatic N) is 6. The molecule has 0 aliphatic heterocycles. The molecule has 0 spiro atoms. The summed E-state index contributed by atoms with van der Waals surface area (Å²) in [5.41, 5.74) is 9.77. The van der Waals surface area contributed by atoms with Gasteiger partial charge in [0.05, 0.1) is 6.21 Å². The first-order valence-corrected chi connectivity index (χ1v) is 8.35. The number of aromatic nitrogens is 5. The van der Waals surface area contributed by atoms with Crippen molar-refractivity contribution in [1.29, 1.82) is 0 Å². The van der Waals surface area contributed by atoms with Crippen molar-refractivity contribution >= 4 is 17.9 Å². The van der Waals surface area contributed by atoms with Crippen LogP contribution in [0.15, 0.2) is 64.3 Å². The van der Waals surface area contributed by atoms with Gasteiger partial charge in [-0.2, -0.15) is 9.78 Å². The minimum absolute atomic E-state index is 0.0294. The van der Waals surface area contributed by atoms with Gasteiger partial charge in [-0.05, 0) is 28.0 Å². The van der Waals surface area contributed by atoms with Gasteiger partial charge in [0.15, 0.2) is 5.69 Å². The van der Waals surface area contributed by atoms with Gasteiger partial charge in [-0.3, -0.25) is 4.79 Å². The Morgan fingerprint density at radius 2 is 2.00 bits per heavy atom. The van der Waals surface area contributed by atoms with Crippen LogP contribution in [0.25, 0.3) is 17.1 Å². The Bertz CT molecular complexity index is 1180. The Morgan fingerprint density at radius 1 is 1.17 bits per heavy atom. The number of aromatic hydroxyl groups is 1. The van der Waals surface area contributed by atoms with Gasteiger partial charge in [-0.1, -0.05) is 47.7 Å². The summed E-state index contributed by atoms with van der Waals surface area (Å²) in [7, 11) is 0. The van der Waals surface area contributed by atoms with Gasteiger partial charge >= 0.3 is 0 Å². The van der Waals surface area contributed by atoms with Crippen molar-refractivity contribution < 1.29 is 14.5 Å². The summed E-state index contributed by atoms with van der Waals surface area (Å²) in [5, 5.41) is 28.7. The maximum atomic E-state index is 12.9. The highest BCUT2D eigenvalue weighted by atomic mass is 16.6. The van der Waals surface area contributed by atoms with E-state index in [0.717, 1.165) is 4.68 Å². The van der Waals surface area contributed by atoms with E-state index in [-0.39, 0.29) is 23.1 Å². The van der Waals surface area contributed by atoms with Gasteiger partial charge in [0.1, 0.15) is 11.4 Å². The molecule has 1 amide bonds. The van der Waals surface area contributed by atoms with Crippen LogP contribution in [0.2, 0.25) is 0 Å². The van der Waals surface area contributed by atoms with Crippen LogP contribution in [0.5, 0.6) is 5.75 Å². The van der Waals surface area contributed by atoms with Crippen LogP contribution in [0.3, 0.4) is 0 Å². The lowest BCUT2D eigenvalue weighted by atomic mass is 10.1. The number of nitrogens with one attached hydrogen (secondary N) is 1. The molecule has 11 heteroatoms. The SMILES string of the molecule is Nc1nonc1-n1nnc(-c2ccccc2)c1C(=O)N/N=C/c1cccc(O)c1. The zero-order chi connectivity index (χ0) is 20.2. The molecule has 144 valence electrons. The molecule has 0 fully saturated rings. The van der Waals surface area contributed by atoms with Gasteiger partial charge in [0.25, 0.3) is 5.91 Å². The Morgan fingerprint density at radius 3 is 2.72 bits per heavy atom. The molecule has 2 aromatic heterocycles. The molecule has 0 aliphatic carbocycles. The fourth-order valence-corrected chi connectivity index (χ4v) is 2.59. The van der Waals surface area contributed by atoms with E-state index < -0.39 is 5.91 Å². The summed E-state index contributed by atoms with van der Waals surface area (Å²) in [4.78, 5) is 12.9. The van der Waals surface area contributed by atoms with Gasteiger partial charge in [0, 0.05) is 5.56 Å². The van der Waals surface area contributed by atoms with Gasteiger partial charge in [0.2, 0.25) is 11.6 Å². The first-order valence-electron chi connectivity index (χ1n) is 8.35. The standard InChI is InChI=1S/C18H14N8O3/c19-16-17(24-29-23-16)26-15(14(21-25-26)12-6-2-1-3-7-12)18(28)22-20-10-11-5-4-8-13(27)9-11/h1-10,27H,(H2,19,23)(H,22,28)/b20-10+. The summed E-state index contributed by atoms with van der Waals surface area (Å²) in [6.45, 7) is 0. The Kier molecular flexibility index (Phi) is 4.68. The molecule has 4 rings (SSSR count). The van der Waals surface area contributed by atoms with Gasteiger partial charge < -0.3 is 10.8 Å². The fraction of sp³-hybridized carbons (Fsp3) is 0. The summed E-state index contributed by atoms with van der Waals surface area (Å²) >= 11 is 0. The second-order valence-electron chi connectivity index (χ2n) is 5.83. The zero-order valence-electron chi connectivity index (χ0n) is 14.8. The van der Waals surface area contributed by atoms with Crippen molar-refractivity contribution in [3.05, 3.63) is 65.9 Å². The number of rotatable bonds is 5. The number of anilines is 1. The molecular weight excluding hydrogens is 376 g/mol. The third-order valence-electron chi connectivity index (χ3n) is 3.88. The van der Waals surface area contributed by atoms with E-state index in [1.54, 1.807) is 24.3 Å². The van der Waals surface area contributed by atoms with E-state index in [9.17, 15) is 9.90 Å². The number of carbonyl (C=O) groups is 1. The maximum absolute atomic E-state index is 12.9. The van der Waals surface area contributed by atoms with Crippen molar-refractivity contribution in [3.8, 4) is 22.8 Å². The quantitative estimate of drug-likeness (QED) is 0.340. The topological polar surface area (TPSA) is 157 Å². The number of hydrogen-bond donors (Lipinski definition) is 3. The highest BCUT2D eigenvalue weighted by molar-refractivity contribution is 5.99. The molecule has 0 bridgehead atoms. The number of phenols is 1. The molecule has 0 atom stereocenters. The largest absolute Gasteiger partial charge is 0.508 e. The van der Waals surface area contributed by atoms with E-state index in [1.165, 1.54) is 18.3 Å². The highest BCUT2D eigenvalue weighted by Gasteiger charge is 2.25. The lowest BCUT2D eigenvalue weighted by molar-refractivity contribution is 0.0948. The van der Waals surface area contributed by atoms with E-state index in [2.05, 4.69) is 35.8 Å². The summed E-state index contributed by atoms with van der Waals surface area (Å²) in [6, 6.07) is 15.4. The molecular formula is C18H14N8O3. The van der Waals surface area contributed by atoms with Crippen molar-refractivity contribution in [1.82, 2.24) is 30.7 Å². The number of amides is 1. The molecule has 29 heavy (non-hydrogen) atoms. The predicted molar refractivity (Wildman–Crippen MR) is 102 cm³/mol. The lowest BCUT2D eigenvalue weighted by Gasteiger charge is -2.04. The summed E-state index contributed by atoms with van der Waals surface area (Å²) < 4.78 is 5.73. The Balaban J connectivity index is 1.69. The number of hydrogen-bond acceptors (Lipinski definition) is 9. The molecule has 0 saturated heterocycles. The smallest absolute Gasteiger partial charge is 0.292 e. The molecule has 0 radical (unpaired) electrons. The third kappa shape index (κ3) is 3.64. The second-order valence-corrected chi connectivity index (χ2v) is 5.83. The monoisotopic (exact) mass is 390 g/mol. The zero-order valence-corrected chi connectivity index (χ0v) is 14.8. The first kappa shape index (κ1) is 17.9. The average molecular weight is 390 g/mol. The summed E-state index contributed by atoms with van der Waals surface area (Å²) in [5.74, 6) is -0.538. The maximum Gasteiger partial charge on any atom is 0.292 e. The average Bonchev–Trinajstić information content (AvgIpc) is 3.34. The number of carbonyl (C=O) groups excluding carboxylic acids is 1. The van der Waals surface area contributed by atoms with E-state index in [4.69, 9.17) is 5.73 Å². The van der Waals surface area contributed by atoms with Crippen LogP contribution in [-0.4, -0.2) is 42.5 Å². The fourth-order valence-electron chi connectivity index (χ4n) is 2.59. The number of nitrogens with two attached hydrogens (primary N) is 1. The third-order valence-corrected chi connectivity index (χ3v) is 3.88. The molecule has 11 nitrogen and oxygen atoms in total. The van der Waals surface area contributed by atoms with Gasteiger partial charge in [-0.15, -0.1) is 5.10 Å². The normalized spacial score (nSPS) is 11.0. The van der Waals surface area contributed by atoms with Crippen LogP contribution in [-0.2, 0) is 0 Å². The number of nitrogen functional groups attached to an aromatic ring is 1. The first-order chi connectivity index (χ1) is 14.1. The summed E-state index contributed by atoms with van der Waals surface area (Å²) in [6.07, 6.45) is 1.39. The van der Waals surface area contributed by atoms with E-state index in [0.29, 0.717) is 16.8 Å². The van der Waals surface area contributed by atoms with Crippen LogP contribution >= 0.6 is 0 Å². The Hall–Kier alpha value is -4.54. The highest BCUT2D eigenvalue weighted by Crippen LogP contribution is 2.24. The molecule has 0 unspecified atom stereocenters. The van der Waals surface area contributed by atoms with Crippen LogP contribution in [0.4, 0.5) is 5.82 Å². The number of benzene rings is 2. The number of hydrazone groups is 1. The van der Waals surface area contributed by atoms with Crippen LogP contribution in [0.1, 0.15) is 16.1 Å². The van der Waals surface area contributed by atoms with Crippen molar-refractivity contribution in [2.75, 3.05) is 5.73 Å². The van der Waals surface area contributed by atoms with E-state index >= 15 is 0 Å². The van der Waals surface area contributed by atoms with Gasteiger partial charge in [-0.25, -0.2) is 10.1 Å². The minimum Gasteiger partial charge on any atom is -0.508 e.